The molecular weight excluding hydrogens is 354 g/mol. The summed E-state index contributed by atoms with van der Waals surface area (Å²) in [4.78, 5) is 24.9. The number of anilines is 1. The molecule has 0 atom stereocenters. The van der Waals surface area contributed by atoms with Crippen molar-refractivity contribution in [2.24, 2.45) is 5.92 Å². The van der Waals surface area contributed by atoms with Crippen LogP contribution in [0.4, 0.5) is 5.69 Å². The minimum atomic E-state index is -0.391. The fraction of sp³-hybridized carbons (Fsp3) is 0.158. The van der Waals surface area contributed by atoms with Crippen LogP contribution in [0.2, 0.25) is 0 Å². The number of nitrogens with one attached hydrogen (secondary N) is 1. The molecule has 0 aliphatic carbocycles. The van der Waals surface area contributed by atoms with E-state index in [0.29, 0.717) is 5.69 Å². The molecule has 0 aliphatic heterocycles. The molecular formula is C19H18BrNO2. The zero-order chi connectivity index (χ0) is 16.8. The highest BCUT2D eigenvalue weighted by Gasteiger charge is 2.21. The van der Waals surface area contributed by atoms with E-state index in [2.05, 4.69) is 21.2 Å². The SMILES string of the molecule is CC(C)C(=O)/C(=C/c1ccc(Br)cc1)C(=O)Nc1ccccc1. The maximum Gasteiger partial charge on any atom is 0.259 e. The summed E-state index contributed by atoms with van der Waals surface area (Å²) in [6.07, 6.45) is 1.63. The Morgan fingerprint density at radius 1 is 1.00 bits per heavy atom. The third kappa shape index (κ3) is 4.89. The molecule has 3 nitrogen and oxygen atoms in total. The van der Waals surface area contributed by atoms with Crippen LogP contribution in [0.5, 0.6) is 0 Å². The van der Waals surface area contributed by atoms with Gasteiger partial charge < -0.3 is 5.32 Å². The van der Waals surface area contributed by atoms with E-state index in [1.165, 1.54) is 0 Å². The number of Topliss-reactive ketones (excluding diaryl/α,β-unsaturated/α-hetero) is 1. The van der Waals surface area contributed by atoms with Crippen molar-refractivity contribution in [3.8, 4) is 0 Å². The monoisotopic (exact) mass is 371 g/mol. The number of amides is 1. The van der Waals surface area contributed by atoms with Gasteiger partial charge in [0.2, 0.25) is 0 Å². The average Bonchev–Trinajstić information content (AvgIpc) is 2.54. The van der Waals surface area contributed by atoms with Crippen molar-refractivity contribution in [2.75, 3.05) is 5.32 Å². The molecule has 0 aromatic heterocycles. The quantitative estimate of drug-likeness (QED) is 0.470. The summed E-state index contributed by atoms with van der Waals surface area (Å²) in [5.74, 6) is -0.822. The lowest BCUT2D eigenvalue weighted by Crippen LogP contribution is -2.23. The summed E-state index contributed by atoms with van der Waals surface area (Å²) in [5.41, 5.74) is 1.63. The molecule has 2 aromatic carbocycles. The lowest BCUT2D eigenvalue weighted by Gasteiger charge is -2.10. The molecule has 0 heterocycles. The summed E-state index contributed by atoms with van der Waals surface area (Å²) in [7, 11) is 0. The van der Waals surface area contributed by atoms with E-state index in [1.54, 1.807) is 32.1 Å². The first-order valence-electron chi connectivity index (χ1n) is 7.35. The third-order valence-electron chi connectivity index (χ3n) is 3.25. The Morgan fingerprint density at radius 2 is 1.61 bits per heavy atom. The molecule has 0 unspecified atom stereocenters. The molecule has 2 aromatic rings. The van der Waals surface area contributed by atoms with E-state index < -0.39 is 5.91 Å². The van der Waals surface area contributed by atoms with Gasteiger partial charge in [0.25, 0.3) is 5.91 Å². The minimum absolute atomic E-state index is 0.158. The van der Waals surface area contributed by atoms with Gasteiger partial charge in [-0.25, -0.2) is 0 Å². The molecule has 0 radical (unpaired) electrons. The number of hydrogen-bond donors (Lipinski definition) is 1. The Balaban J connectivity index is 2.32. The second-order valence-corrected chi connectivity index (χ2v) is 6.36. The van der Waals surface area contributed by atoms with Crippen molar-refractivity contribution in [1.82, 2.24) is 0 Å². The molecule has 4 heteroatoms. The molecule has 0 bridgehead atoms. The number of carbonyl (C=O) groups is 2. The minimum Gasteiger partial charge on any atom is -0.322 e. The number of rotatable bonds is 5. The number of hydrogen-bond acceptors (Lipinski definition) is 2. The summed E-state index contributed by atoms with van der Waals surface area (Å²) in [6, 6.07) is 16.6. The lowest BCUT2D eigenvalue weighted by molar-refractivity contribution is -0.121. The van der Waals surface area contributed by atoms with Crippen molar-refractivity contribution in [1.29, 1.82) is 0 Å². The maximum atomic E-state index is 12.5. The van der Waals surface area contributed by atoms with Gasteiger partial charge in [0.05, 0.1) is 5.57 Å². The molecule has 0 spiro atoms. The van der Waals surface area contributed by atoms with Crippen LogP contribution in [0, 0.1) is 5.92 Å². The van der Waals surface area contributed by atoms with Crippen LogP contribution in [0.15, 0.2) is 64.6 Å². The maximum absolute atomic E-state index is 12.5. The van der Waals surface area contributed by atoms with Gasteiger partial charge in [-0.15, -0.1) is 0 Å². The Hall–Kier alpha value is -2.20. The summed E-state index contributed by atoms with van der Waals surface area (Å²) in [6.45, 7) is 3.57. The van der Waals surface area contributed by atoms with Crippen molar-refractivity contribution in [3.63, 3.8) is 0 Å². The predicted molar refractivity (Wildman–Crippen MR) is 97.0 cm³/mol. The summed E-state index contributed by atoms with van der Waals surface area (Å²) < 4.78 is 0.945. The van der Waals surface area contributed by atoms with Crippen LogP contribution in [-0.2, 0) is 9.59 Å². The van der Waals surface area contributed by atoms with Gasteiger partial charge in [-0.1, -0.05) is 60.1 Å². The number of ketones is 1. The standard InChI is InChI=1S/C19H18BrNO2/c1-13(2)18(22)17(12-14-8-10-15(20)11-9-14)19(23)21-16-6-4-3-5-7-16/h3-13H,1-2H3,(H,21,23)/b17-12-. The van der Waals surface area contributed by atoms with Crippen LogP contribution in [0.3, 0.4) is 0 Å². The van der Waals surface area contributed by atoms with Crippen LogP contribution < -0.4 is 5.32 Å². The molecule has 2 rings (SSSR count). The van der Waals surface area contributed by atoms with Gasteiger partial charge in [0.1, 0.15) is 0 Å². The van der Waals surface area contributed by atoms with Crippen molar-refractivity contribution in [2.45, 2.75) is 13.8 Å². The van der Waals surface area contributed by atoms with Crippen molar-refractivity contribution in [3.05, 3.63) is 70.2 Å². The van der Waals surface area contributed by atoms with Crippen LogP contribution in [-0.4, -0.2) is 11.7 Å². The predicted octanol–water partition coefficient (Wildman–Crippen LogP) is 4.70. The van der Waals surface area contributed by atoms with Crippen molar-refractivity contribution < 1.29 is 9.59 Å². The first-order chi connectivity index (χ1) is 11.0. The van der Waals surface area contributed by atoms with Crippen molar-refractivity contribution >= 4 is 39.4 Å². The average molecular weight is 372 g/mol. The largest absolute Gasteiger partial charge is 0.322 e. The molecule has 118 valence electrons. The normalized spacial score (nSPS) is 11.4. The number of para-hydroxylation sites is 1. The molecule has 0 fully saturated rings. The van der Waals surface area contributed by atoms with Crippen LogP contribution >= 0.6 is 15.9 Å². The molecule has 1 amide bonds. The summed E-state index contributed by atoms with van der Waals surface area (Å²) >= 11 is 3.37. The highest BCUT2D eigenvalue weighted by atomic mass is 79.9. The van der Waals surface area contributed by atoms with Gasteiger partial charge >= 0.3 is 0 Å². The van der Waals surface area contributed by atoms with E-state index in [9.17, 15) is 9.59 Å². The van der Waals surface area contributed by atoms with Gasteiger partial charge in [-0.05, 0) is 35.9 Å². The molecule has 0 aliphatic rings. The van der Waals surface area contributed by atoms with Crippen LogP contribution in [0.25, 0.3) is 6.08 Å². The zero-order valence-corrected chi connectivity index (χ0v) is 14.6. The molecule has 1 N–H and O–H groups in total. The second-order valence-electron chi connectivity index (χ2n) is 5.45. The second kappa shape index (κ2) is 7.88. The number of benzene rings is 2. The smallest absolute Gasteiger partial charge is 0.259 e. The van der Waals surface area contributed by atoms with Gasteiger partial charge in [0, 0.05) is 16.1 Å². The van der Waals surface area contributed by atoms with Gasteiger partial charge in [-0.3, -0.25) is 9.59 Å². The first-order valence-corrected chi connectivity index (χ1v) is 8.14. The third-order valence-corrected chi connectivity index (χ3v) is 3.78. The Labute approximate surface area is 144 Å². The fourth-order valence-electron chi connectivity index (χ4n) is 2.01. The Bertz CT molecular complexity index is 719. The first kappa shape index (κ1) is 17.2. The van der Waals surface area contributed by atoms with E-state index in [0.717, 1.165) is 10.0 Å². The number of halogens is 1. The van der Waals surface area contributed by atoms with Gasteiger partial charge in [0.15, 0.2) is 5.78 Å². The topological polar surface area (TPSA) is 46.2 Å². The summed E-state index contributed by atoms with van der Waals surface area (Å²) in [5, 5.41) is 2.77. The highest BCUT2D eigenvalue weighted by molar-refractivity contribution is 9.10. The molecule has 23 heavy (non-hydrogen) atoms. The lowest BCUT2D eigenvalue weighted by atomic mass is 9.98. The van der Waals surface area contributed by atoms with E-state index in [1.807, 2.05) is 42.5 Å². The fourth-order valence-corrected chi connectivity index (χ4v) is 2.27. The van der Waals surface area contributed by atoms with E-state index in [4.69, 9.17) is 0 Å². The zero-order valence-electron chi connectivity index (χ0n) is 13.0. The number of carbonyl (C=O) groups excluding carboxylic acids is 2. The molecule has 0 saturated heterocycles. The highest BCUT2D eigenvalue weighted by Crippen LogP contribution is 2.17. The Kier molecular flexibility index (Phi) is 5.88. The van der Waals surface area contributed by atoms with Gasteiger partial charge in [-0.2, -0.15) is 0 Å². The molecule has 0 saturated carbocycles. The van der Waals surface area contributed by atoms with E-state index in [-0.39, 0.29) is 17.3 Å². The van der Waals surface area contributed by atoms with E-state index >= 15 is 0 Å². The Morgan fingerprint density at radius 3 is 2.17 bits per heavy atom. The van der Waals surface area contributed by atoms with Crippen LogP contribution in [0.1, 0.15) is 19.4 Å².